The molecule has 0 unspecified atom stereocenters. The second-order valence-electron chi connectivity index (χ2n) is 5.80. The SMILES string of the molecule is O=C(NC1CC1)[C@H]1CCCN(S(=O)(=O)c2ccccc2)C1. The van der Waals surface area contributed by atoms with Crippen LogP contribution in [-0.2, 0) is 14.8 Å². The quantitative estimate of drug-likeness (QED) is 0.913. The van der Waals surface area contributed by atoms with Gasteiger partial charge in [0.05, 0.1) is 10.8 Å². The molecule has 6 heteroatoms. The van der Waals surface area contributed by atoms with Gasteiger partial charge in [0.25, 0.3) is 0 Å². The largest absolute Gasteiger partial charge is 0.353 e. The number of hydrogen-bond donors (Lipinski definition) is 1. The van der Waals surface area contributed by atoms with Crippen LogP contribution >= 0.6 is 0 Å². The first-order valence-corrected chi connectivity index (χ1v) is 8.87. The Kier molecular flexibility index (Phi) is 3.99. The summed E-state index contributed by atoms with van der Waals surface area (Å²) >= 11 is 0. The highest BCUT2D eigenvalue weighted by Gasteiger charge is 2.35. The summed E-state index contributed by atoms with van der Waals surface area (Å²) in [5.41, 5.74) is 0. The van der Waals surface area contributed by atoms with Crippen molar-refractivity contribution in [2.45, 2.75) is 36.6 Å². The molecule has 1 aromatic rings. The van der Waals surface area contributed by atoms with Gasteiger partial charge in [-0.15, -0.1) is 0 Å². The van der Waals surface area contributed by atoms with Crippen molar-refractivity contribution < 1.29 is 13.2 Å². The molecule has 1 saturated carbocycles. The minimum atomic E-state index is -3.49. The molecule has 0 aromatic heterocycles. The Hall–Kier alpha value is -1.40. The number of amides is 1. The Bertz CT molecular complexity index is 611. The molecule has 5 nitrogen and oxygen atoms in total. The van der Waals surface area contributed by atoms with Crippen molar-refractivity contribution in [2.24, 2.45) is 5.92 Å². The fourth-order valence-corrected chi connectivity index (χ4v) is 4.21. The first kappa shape index (κ1) is 14.5. The van der Waals surface area contributed by atoms with Crippen LogP contribution in [0.25, 0.3) is 0 Å². The van der Waals surface area contributed by atoms with E-state index in [4.69, 9.17) is 0 Å². The zero-order valence-corrected chi connectivity index (χ0v) is 12.7. The van der Waals surface area contributed by atoms with Crippen LogP contribution in [-0.4, -0.2) is 37.8 Å². The first-order chi connectivity index (χ1) is 10.1. The molecule has 1 heterocycles. The molecule has 1 aliphatic carbocycles. The summed E-state index contributed by atoms with van der Waals surface area (Å²) < 4.78 is 26.6. The number of sulfonamides is 1. The van der Waals surface area contributed by atoms with Gasteiger partial charge >= 0.3 is 0 Å². The van der Waals surface area contributed by atoms with E-state index in [1.807, 2.05) is 0 Å². The molecule has 1 atom stereocenters. The van der Waals surface area contributed by atoms with Crippen LogP contribution < -0.4 is 5.32 Å². The van der Waals surface area contributed by atoms with Crippen LogP contribution in [0.5, 0.6) is 0 Å². The molecule has 3 rings (SSSR count). The van der Waals surface area contributed by atoms with E-state index in [0.29, 0.717) is 17.5 Å². The predicted molar refractivity (Wildman–Crippen MR) is 79.1 cm³/mol. The first-order valence-electron chi connectivity index (χ1n) is 7.43. The third kappa shape index (κ3) is 3.27. The van der Waals surface area contributed by atoms with Crippen LogP contribution in [0.2, 0.25) is 0 Å². The van der Waals surface area contributed by atoms with Crippen LogP contribution in [0.4, 0.5) is 0 Å². The zero-order valence-electron chi connectivity index (χ0n) is 11.9. The van der Waals surface area contributed by atoms with Gasteiger partial charge in [0, 0.05) is 19.1 Å². The van der Waals surface area contributed by atoms with Crippen molar-refractivity contribution >= 4 is 15.9 Å². The lowest BCUT2D eigenvalue weighted by Crippen LogP contribution is -2.45. The topological polar surface area (TPSA) is 66.5 Å². The van der Waals surface area contributed by atoms with E-state index in [1.54, 1.807) is 30.3 Å². The van der Waals surface area contributed by atoms with Crippen LogP contribution in [0.15, 0.2) is 35.2 Å². The van der Waals surface area contributed by atoms with E-state index in [2.05, 4.69) is 5.32 Å². The average Bonchev–Trinajstić information content (AvgIpc) is 3.32. The van der Waals surface area contributed by atoms with Crippen LogP contribution in [0, 0.1) is 5.92 Å². The predicted octanol–water partition coefficient (Wildman–Crippen LogP) is 1.37. The monoisotopic (exact) mass is 308 g/mol. The van der Waals surface area contributed by atoms with Gasteiger partial charge < -0.3 is 5.32 Å². The summed E-state index contributed by atoms with van der Waals surface area (Å²) in [7, 11) is -3.49. The van der Waals surface area contributed by atoms with E-state index < -0.39 is 10.0 Å². The van der Waals surface area contributed by atoms with Crippen molar-refractivity contribution in [1.82, 2.24) is 9.62 Å². The summed E-state index contributed by atoms with van der Waals surface area (Å²) in [4.78, 5) is 12.4. The third-order valence-electron chi connectivity index (χ3n) is 4.06. The minimum absolute atomic E-state index is 0.00506. The molecule has 0 bridgehead atoms. The van der Waals surface area contributed by atoms with E-state index >= 15 is 0 Å². The number of benzene rings is 1. The number of rotatable bonds is 4. The molecule has 114 valence electrons. The maximum absolute atomic E-state index is 12.6. The van der Waals surface area contributed by atoms with Gasteiger partial charge in [-0.25, -0.2) is 8.42 Å². The van der Waals surface area contributed by atoms with Gasteiger partial charge in [-0.1, -0.05) is 18.2 Å². The van der Waals surface area contributed by atoms with Gasteiger partial charge in [-0.05, 0) is 37.8 Å². The number of nitrogens with one attached hydrogen (secondary N) is 1. The van der Waals surface area contributed by atoms with Gasteiger partial charge in [-0.2, -0.15) is 4.31 Å². The molecule has 2 aliphatic rings. The minimum Gasteiger partial charge on any atom is -0.353 e. The molecule has 0 radical (unpaired) electrons. The van der Waals surface area contributed by atoms with Gasteiger partial charge in [0.2, 0.25) is 15.9 Å². The Labute approximate surface area is 125 Å². The highest BCUT2D eigenvalue weighted by Crippen LogP contribution is 2.25. The second kappa shape index (κ2) is 5.77. The van der Waals surface area contributed by atoms with Crippen molar-refractivity contribution in [1.29, 1.82) is 0 Å². The lowest BCUT2D eigenvalue weighted by Gasteiger charge is -2.31. The number of piperidine rings is 1. The molecular formula is C15H20N2O3S. The zero-order chi connectivity index (χ0) is 14.9. The van der Waals surface area contributed by atoms with E-state index in [-0.39, 0.29) is 18.4 Å². The number of carbonyl (C=O) groups is 1. The van der Waals surface area contributed by atoms with Crippen molar-refractivity contribution in [3.8, 4) is 0 Å². The summed E-state index contributed by atoms with van der Waals surface area (Å²) in [5, 5.41) is 2.97. The normalized spacial score (nSPS) is 23.7. The van der Waals surface area contributed by atoms with Crippen molar-refractivity contribution in [3.05, 3.63) is 30.3 Å². The fraction of sp³-hybridized carbons (Fsp3) is 0.533. The Morgan fingerprint density at radius 1 is 1.14 bits per heavy atom. The Morgan fingerprint density at radius 2 is 1.86 bits per heavy atom. The molecular weight excluding hydrogens is 288 g/mol. The maximum atomic E-state index is 12.6. The van der Waals surface area contributed by atoms with Crippen LogP contribution in [0.3, 0.4) is 0 Å². The highest BCUT2D eigenvalue weighted by atomic mass is 32.2. The summed E-state index contributed by atoms with van der Waals surface area (Å²) in [6.45, 7) is 0.778. The van der Waals surface area contributed by atoms with E-state index in [0.717, 1.165) is 25.7 Å². The summed E-state index contributed by atoms with van der Waals surface area (Å²) in [5.74, 6) is -0.219. The molecule has 1 aliphatic heterocycles. The molecule has 1 amide bonds. The van der Waals surface area contributed by atoms with Crippen molar-refractivity contribution in [3.63, 3.8) is 0 Å². The smallest absolute Gasteiger partial charge is 0.243 e. The molecule has 1 aromatic carbocycles. The fourth-order valence-electron chi connectivity index (χ4n) is 2.66. The van der Waals surface area contributed by atoms with Crippen LogP contribution in [0.1, 0.15) is 25.7 Å². The van der Waals surface area contributed by atoms with Crippen molar-refractivity contribution in [2.75, 3.05) is 13.1 Å². The lowest BCUT2D eigenvalue weighted by molar-refractivity contribution is -0.126. The molecule has 0 spiro atoms. The molecule has 21 heavy (non-hydrogen) atoms. The second-order valence-corrected chi connectivity index (χ2v) is 7.74. The Balaban J connectivity index is 1.71. The molecule has 2 fully saturated rings. The van der Waals surface area contributed by atoms with Gasteiger partial charge in [0.15, 0.2) is 0 Å². The molecule has 1 N–H and O–H groups in total. The Morgan fingerprint density at radius 3 is 2.52 bits per heavy atom. The number of nitrogens with zero attached hydrogens (tertiary/aromatic N) is 1. The number of carbonyl (C=O) groups excluding carboxylic acids is 1. The number of hydrogen-bond acceptors (Lipinski definition) is 3. The highest BCUT2D eigenvalue weighted by molar-refractivity contribution is 7.89. The standard InChI is InChI=1S/C15H20N2O3S/c18-15(16-13-8-9-13)12-5-4-10-17(11-12)21(19,20)14-6-2-1-3-7-14/h1-3,6-7,12-13H,4-5,8-11H2,(H,16,18)/t12-/m0/s1. The van der Waals surface area contributed by atoms with Gasteiger partial charge in [0.1, 0.15) is 0 Å². The van der Waals surface area contributed by atoms with E-state index in [1.165, 1.54) is 4.31 Å². The van der Waals surface area contributed by atoms with Gasteiger partial charge in [-0.3, -0.25) is 4.79 Å². The lowest BCUT2D eigenvalue weighted by atomic mass is 9.99. The molecule has 1 saturated heterocycles. The maximum Gasteiger partial charge on any atom is 0.243 e. The average molecular weight is 308 g/mol. The third-order valence-corrected chi connectivity index (χ3v) is 5.94. The summed E-state index contributed by atoms with van der Waals surface area (Å²) in [6, 6.07) is 8.74. The van der Waals surface area contributed by atoms with E-state index in [9.17, 15) is 13.2 Å². The summed E-state index contributed by atoms with van der Waals surface area (Å²) in [6.07, 6.45) is 3.59.